The first-order valence-electron chi connectivity index (χ1n) is 7.82. The van der Waals surface area contributed by atoms with Crippen molar-refractivity contribution in [3.8, 4) is 0 Å². The molecular weight excluding hydrogens is 298 g/mol. The van der Waals surface area contributed by atoms with E-state index in [1.54, 1.807) is 26.2 Å². The first-order chi connectivity index (χ1) is 10.4. The molecule has 1 aromatic carbocycles. The summed E-state index contributed by atoms with van der Waals surface area (Å²) in [5.74, 6) is 0.590. The van der Waals surface area contributed by atoms with Crippen molar-refractivity contribution < 1.29 is 8.42 Å². The number of hydrogen-bond acceptors (Lipinski definition) is 4. The normalized spacial score (nSPS) is 23.9. The molecule has 0 aliphatic carbocycles. The van der Waals surface area contributed by atoms with Gasteiger partial charge in [-0.05, 0) is 43.0 Å². The Morgan fingerprint density at radius 3 is 2.73 bits per heavy atom. The highest BCUT2D eigenvalue weighted by Gasteiger charge is 2.27. The third-order valence-corrected chi connectivity index (χ3v) is 6.35. The van der Waals surface area contributed by atoms with Crippen LogP contribution in [0.3, 0.4) is 0 Å². The largest absolute Gasteiger partial charge is 0.329 e. The number of nitrogens with two attached hydrogens (primary N) is 1. The fourth-order valence-corrected chi connectivity index (χ4v) is 4.13. The summed E-state index contributed by atoms with van der Waals surface area (Å²) in [5.41, 5.74) is 6.96. The van der Waals surface area contributed by atoms with Crippen molar-refractivity contribution in [3.63, 3.8) is 0 Å². The summed E-state index contributed by atoms with van der Waals surface area (Å²) >= 11 is 0. The average molecular weight is 325 g/mol. The maximum absolute atomic E-state index is 12.2. The lowest BCUT2D eigenvalue weighted by Crippen LogP contribution is -2.48. The summed E-state index contributed by atoms with van der Waals surface area (Å²) in [5, 5.41) is 0. The SMILES string of the molecule is CC1CCCN(Cc2cccc(S(=O)(=O)N(C)C)c2)C1CN. The predicted octanol–water partition coefficient (Wildman–Crippen LogP) is 1.50. The molecule has 0 saturated carbocycles. The predicted molar refractivity (Wildman–Crippen MR) is 89.0 cm³/mol. The second kappa shape index (κ2) is 7.08. The van der Waals surface area contributed by atoms with Gasteiger partial charge in [-0.15, -0.1) is 0 Å². The molecule has 2 rings (SSSR count). The van der Waals surface area contributed by atoms with Crippen LogP contribution in [-0.2, 0) is 16.6 Å². The van der Waals surface area contributed by atoms with Gasteiger partial charge < -0.3 is 5.73 Å². The smallest absolute Gasteiger partial charge is 0.242 e. The van der Waals surface area contributed by atoms with E-state index in [2.05, 4.69) is 11.8 Å². The van der Waals surface area contributed by atoms with Crippen molar-refractivity contribution in [2.24, 2.45) is 11.7 Å². The van der Waals surface area contributed by atoms with E-state index in [4.69, 9.17) is 5.73 Å². The van der Waals surface area contributed by atoms with Gasteiger partial charge >= 0.3 is 0 Å². The summed E-state index contributed by atoms with van der Waals surface area (Å²) in [4.78, 5) is 2.74. The van der Waals surface area contributed by atoms with Crippen LogP contribution in [-0.4, -0.2) is 50.8 Å². The van der Waals surface area contributed by atoms with E-state index >= 15 is 0 Å². The molecule has 1 aliphatic heterocycles. The van der Waals surface area contributed by atoms with Crippen LogP contribution in [0.4, 0.5) is 0 Å². The Balaban J connectivity index is 2.20. The summed E-state index contributed by atoms with van der Waals surface area (Å²) < 4.78 is 25.7. The quantitative estimate of drug-likeness (QED) is 0.891. The van der Waals surface area contributed by atoms with Gasteiger partial charge in [0.25, 0.3) is 0 Å². The first kappa shape index (κ1) is 17.4. The number of rotatable bonds is 5. The fourth-order valence-electron chi connectivity index (χ4n) is 3.16. The maximum atomic E-state index is 12.2. The summed E-state index contributed by atoms with van der Waals surface area (Å²) in [6.45, 7) is 4.67. The molecular formula is C16H27N3O2S. The average Bonchev–Trinajstić information content (AvgIpc) is 2.47. The molecule has 0 bridgehead atoms. The molecule has 1 saturated heterocycles. The van der Waals surface area contributed by atoms with Gasteiger partial charge in [0.1, 0.15) is 0 Å². The zero-order valence-corrected chi connectivity index (χ0v) is 14.5. The Morgan fingerprint density at radius 1 is 1.36 bits per heavy atom. The number of likely N-dealkylation sites (tertiary alicyclic amines) is 1. The number of sulfonamides is 1. The molecule has 0 amide bonds. The third-order valence-electron chi connectivity index (χ3n) is 4.53. The lowest BCUT2D eigenvalue weighted by molar-refractivity contribution is 0.0990. The fraction of sp³-hybridized carbons (Fsp3) is 0.625. The van der Waals surface area contributed by atoms with E-state index < -0.39 is 10.0 Å². The van der Waals surface area contributed by atoms with Crippen molar-refractivity contribution in [3.05, 3.63) is 29.8 Å². The second-order valence-electron chi connectivity index (χ2n) is 6.33. The van der Waals surface area contributed by atoms with E-state index in [0.717, 1.165) is 18.7 Å². The van der Waals surface area contributed by atoms with Crippen LogP contribution in [0.15, 0.2) is 29.2 Å². The molecule has 0 radical (unpaired) electrons. The Labute approximate surface area is 134 Å². The molecule has 1 aromatic rings. The standard InChI is InChI=1S/C16H27N3O2S/c1-13-6-5-9-19(16(13)11-17)12-14-7-4-8-15(10-14)22(20,21)18(2)3/h4,7-8,10,13,16H,5-6,9,11-12,17H2,1-3H3. The highest BCUT2D eigenvalue weighted by molar-refractivity contribution is 7.89. The molecule has 2 N–H and O–H groups in total. The molecule has 22 heavy (non-hydrogen) atoms. The van der Waals surface area contributed by atoms with Crippen molar-refractivity contribution in [1.82, 2.24) is 9.21 Å². The maximum Gasteiger partial charge on any atom is 0.242 e. The van der Waals surface area contributed by atoms with Crippen molar-refractivity contribution in [1.29, 1.82) is 0 Å². The minimum Gasteiger partial charge on any atom is -0.329 e. The highest BCUT2D eigenvalue weighted by Crippen LogP contribution is 2.25. The Kier molecular flexibility index (Phi) is 5.60. The van der Waals surface area contributed by atoms with Gasteiger partial charge in [-0.1, -0.05) is 19.1 Å². The van der Waals surface area contributed by atoms with E-state index in [1.807, 2.05) is 12.1 Å². The van der Waals surface area contributed by atoms with Crippen LogP contribution in [0, 0.1) is 5.92 Å². The van der Waals surface area contributed by atoms with E-state index in [-0.39, 0.29) is 0 Å². The Morgan fingerprint density at radius 2 is 2.09 bits per heavy atom. The van der Waals surface area contributed by atoms with Crippen molar-refractivity contribution in [2.45, 2.75) is 37.2 Å². The van der Waals surface area contributed by atoms with Gasteiger partial charge in [0.05, 0.1) is 4.90 Å². The zero-order chi connectivity index (χ0) is 16.3. The first-order valence-corrected chi connectivity index (χ1v) is 9.26. The minimum atomic E-state index is -3.38. The third kappa shape index (κ3) is 3.68. The molecule has 1 heterocycles. The summed E-state index contributed by atoms with van der Waals surface area (Å²) in [6, 6.07) is 7.61. The molecule has 0 aromatic heterocycles. The molecule has 2 unspecified atom stereocenters. The van der Waals surface area contributed by atoms with Gasteiger partial charge in [0, 0.05) is 33.2 Å². The summed E-state index contributed by atoms with van der Waals surface area (Å²) in [6.07, 6.45) is 2.39. The van der Waals surface area contributed by atoms with Crippen molar-refractivity contribution >= 4 is 10.0 Å². The van der Waals surface area contributed by atoms with E-state index in [1.165, 1.54) is 17.1 Å². The molecule has 6 heteroatoms. The number of piperidine rings is 1. The Bertz CT molecular complexity index is 601. The minimum absolute atomic E-state index is 0.351. The van der Waals surface area contributed by atoms with Gasteiger partial charge in [-0.2, -0.15) is 0 Å². The van der Waals surface area contributed by atoms with Gasteiger partial charge in [0.2, 0.25) is 10.0 Å². The lowest BCUT2D eigenvalue weighted by Gasteiger charge is -2.39. The number of hydrogen-bond donors (Lipinski definition) is 1. The molecule has 1 aliphatic rings. The van der Waals surface area contributed by atoms with Crippen LogP contribution in [0.2, 0.25) is 0 Å². The van der Waals surface area contributed by atoms with Crippen LogP contribution in [0.5, 0.6) is 0 Å². The van der Waals surface area contributed by atoms with Crippen LogP contribution >= 0.6 is 0 Å². The second-order valence-corrected chi connectivity index (χ2v) is 8.48. The van der Waals surface area contributed by atoms with Crippen LogP contribution in [0.25, 0.3) is 0 Å². The zero-order valence-electron chi connectivity index (χ0n) is 13.7. The molecule has 124 valence electrons. The molecule has 1 fully saturated rings. The van der Waals surface area contributed by atoms with Crippen LogP contribution in [0.1, 0.15) is 25.3 Å². The molecule has 0 spiro atoms. The van der Waals surface area contributed by atoms with Crippen molar-refractivity contribution in [2.75, 3.05) is 27.2 Å². The van der Waals surface area contributed by atoms with Gasteiger partial charge in [-0.3, -0.25) is 4.90 Å². The molecule has 2 atom stereocenters. The lowest BCUT2D eigenvalue weighted by atomic mass is 9.90. The highest BCUT2D eigenvalue weighted by atomic mass is 32.2. The molecule has 5 nitrogen and oxygen atoms in total. The topological polar surface area (TPSA) is 66.6 Å². The number of nitrogens with zero attached hydrogens (tertiary/aromatic N) is 2. The monoisotopic (exact) mass is 325 g/mol. The van der Waals surface area contributed by atoms with Gasteiger partial charge in [-0.25, -0.2) is 12.7 Å². The summed E-state index contributed by atoms with van der Waals surface area (Å²) in [7, 11) is -0.271. The van der Waals surface area contributed by atoms with E-state index in [0.29, 0.717) is 23.4 Å². The van der Waals surface area contributed by atoms with Crippen LogP contribution < -0.4 is 5.73 Å². The van der Waals surface area contributed by atoms with E-state index in [9.17, 15) is 8.42 Å². The number of benzene rings is 1. The Hall–Kier alpha value is -0.950. The van der Waals surface area contributed by atoms with Gasteiger partial charge in [0.15, 0.2) is 0 Å².